The smallest absolute Gasteiger partial charge is 0.254 e. The van der Waals surface area contributed by atoms with Gasteiger partial charge in [0.2, 0.25) is 0 Å². The Morgan fingerprint density at radius 2 is 1.93 bits per heavy atom. The third-order valence-electron chi connectivity index (χ3n) is 5.66. The van der Waals surface area contributed by atoms with Crippen LogP contribution in [0.25, 0.3) is 11.1 Å². The maximum atomic E-state index is 12.2. The molecule has 3 aromatic rings. The molecule has 0 spiro atoms. The Bertz CT molecular complexity index is 1070. The molecular weight excluding hydrogens is 376 g/mol. The van der Waals surface area contributed by atoms with E-state index in [1.54, 1.807) is 12.0 Å². The predicted octanol–water partition coefficient (Wildman–Crippen LogP) is 3.36. The van der Waals surface area contributed by atoms with Crippen LogP contribution in [0.1, 0.15) is 27.0 Å². The van der Waals surface area contributed by atoms with E-state index in [0.29, 0.717) is 6.54 Å². The van der Waals surface area contributed by atoms with Crippen molar-refractivity contribution in [2.24, 2.45) is 7.05 Å². The molecule has 0 aliphatic carbocycles. The highest BCUT2D eigenvalue weighted by molar-refractivity contribution is 5.98. The van der Waals surface area contributed by atoms with Crippen molar-refractivity contribution in [3.05, 3.63) is 71.0 Å². The average Bonchev–Trinajstić information content (AvgIpc) is 3.28. The van der Waals surface area contributed by atoms with Crippen molar-refractivity contribution in [1.29, 1.82) is 0 Å². The summed E-state index contributed by atoms with van der Waals surface area (Å²) >= 11 is 0. The Morgan fingerprint density at radius 3 is 2.67 bits per heavy atom. The Morgan fingerprint density at radius 1 is 1.10 bits per heavy atom. The fourth-order valence-electron chi connectivity index (χ4n) is 4.02. The predicted molar refractivity (Wildman–Crippen MR) is 117 cm³/mol. The lowest BCUT2D eigenvalue weighted by Gasteiger charge is -2.18. The van der Waals surface area contributed by atoms with Gasteiger partial charge in [0.05, 0.1) is 13.3 Å². The van der Waals surface area contributed by atoms with E-state index in [1.165, 1.54) is 11.1 Å². The van der Waals surface area contributed by atoms with Gasteiger partial charge in [-0.2, -0.15) is 5.10 Å². The molecule has 1 amide bonds. The number of hydrogen-bond donors (Lipinski definition) is 0. The normalized spacial score (nSPS) is 13.2. The molecule has 1 aromatic heterocycles. The van der Waals surface area contributed by atoms with E-state index in [1.807, 2.05) is 43.2 Å². The number of fused-ring (bicyclic) bond motifs is 1. The average molecular weight is 405 g/mol. The molecule has 2 aromatic carbocycles. The zero-order valence-electron chi connectivity index (χ0n) is 18.1. The topological polar surface area (TPSA) is 50.6 Å². The van der Waals surface area contributed by atoms with Gasteiger partial charge in [-0.1, -0.05) is 12.1 Å². The molecule has 1 aliphatic heterocycles. The molecule has 6 nitrogen and oxygen atoms in total. The fraction of sp³-hybridized carbons (Fsp3) is 0.333. The SMILES string of the molecule is COc1ccc(CN(C)CCc2cnn(C)c2)cc1-c1ccc2c(c1)CN(C)C2=O. The molecule has 6 heteroatoms. The van der Waals surface area contributed by atoms with Gasteiger partial charge in [-0.15, -0.1) is 0 Å². The highest BCUT2D eigenvalue weighted by atomic mass is 16.5. The van der Waals surface area contributed by atoms with Gasteiger partial charge in [0, 0.05) is 51.1 Å². The van der Waals surface area contributed by atoms with Crippen LogP contribution in [0.2, 0.25) is 0 Å². The van der Waals surface area contributed by atoms with E-state index in [-0.39, 0.29) is 5.91 Å². The van der Waals surface area contributed by atoms with Gasteiger partial charge < -0.3 is 14.5 Å². The summed E-state index contributed by atoms with van der Waals surface area (Å²) in [6, 6.07) is 12.4. The van der Waals surface area contributed by atoms with Gasteiger partial charge >= 0.3 is 0 Å². The number of benzene rings is 2. The third kappa shape index (κ3) is 4.09. The minimum absolute atomic E-state index is 0.0903. The number of ether oxygens (including phenoxy) is 1. The number of aryl methyl sites for hydroxylation is 1. The van der Waals surface area contributed by atoms with E-state index in [0.717, 1.165) is 47.5 Å². The van der Waals surface area contributed by atoms with Crippen LogP contribution in [0.3, 0.4) is 0 Å². The van der Waals surface area contributed by atoms with Crippen LogP contribution >= 0.6 is 0 Å². The molecule has 0 unspecified atom stereocenters. The van der Waals surface area contributed by atoms with E-state index in [2.05, 4.69) is 41.4 Å². The molecular formula is C24H28N4O2. The van der Waals surface area contributed by atoms with Crippen molar-refractivity contribution in [2.75, 3.05) is 27.7 Å². The molecule has 0 bridgehead atoms. The van der Waals surface area contributed by atoms with Gasteiger partial charge in [-0.3, -0.25) is 9.48 Å². The summed E-state index contributed by atoms with van der Waals surface area (Å²) in [6.07, 6.45) is 4.96. The van der Waals surface area contributed by atoms with Crippen molar-refractivity contribution in [2.45, 2.75) is 19.5 Å². The Hall–Kier alpha value is -3.12. The Balaban J connectivity index is 1.52. The first kappa shape index (κ1) is 20.2. The maximum absolute atomic E-state index is 12.2. The van der Waals surface area contributed by atoms with E-state index in [4.69, 9.17) is 4.74 Å². The third-order valence-corrected chi connectivity index (χ3v) is 5.66. The highest BCUT2D eigenvalue weighted by Gasteiger charge is 2.24. The quantitative estimate of drug-likeness (QED) is 0.606. The van der Waals surface area contributed by atoms with Gasteiger partial charge in [0.15, 0.2) is 0 Å². The second-order valence-corrected chi connectivity index (χ2v) is 8.08. The lowest BCUT2D eigenvalue weighted by molar-refractivity contribution is 0.0816. The lowest BCUT2D eigenvalue weighted by Crippen LogP contribution is -2.20. The monoisotopic (exact) mass is 404 g/mol. The fourth-order valence-corrected chi connectivity index (χ4v) is 4.02. The summed E-state index contributed by atoms with van der Waals surface area (Å²) in [5.41, 5.74) is 6.48. The molecule has 0 saturated carbocycles. The first-order chi connectivity index (χ1) is 14.4. The molecule has 4 rings (SSSR count). The van der Waals surface area contributed by atoms with Gasteiger partial charge in [-0.25, -0.2) is 0 Å². The van der Waals surface area contributed by atoms with Gasteiger partial charge in [0.25, 0.3) is 5.91 Å². The molecule has 1 aliphatic rings. The minimum atomic E-state index is 0.0903. The first-order valence-corrected chi connectivity index (χ1v) is 10.2. The lowest BCUT2D eigenvalue weighted by atomic mass is 9.98. The van der Waals surface area contributed by atoms with Crippen LogP contribution < -0.4 is 4.74 Å². The van der Waals surface area contributed by atoms with Crippen LogP contribution in [0, 0.1) is 0 Å². The van der Waals surface area contributed by atoms with E-state index in [9.17, 15) is 4.79 Å². The number of rotatable bonds is 7. The molecule has 0 radical (unpaired) electrons. The molecule has 0 saturated heterocycles. The molecule has 0 N–H and O–H groups in total. The number of carbonyl (C=O) groups excluding carboxylic acids is 1. The maximum Gasteiger partial charge on any atom is 0.254 e. The number of nitrogens with zero attached hydrogens (tertiary/aromatic N) is 4. The van der Waals surface area contributed by atoms with Crippen LogP contribution in [-0.4, -0.2) is 53.2 Å². The molecule has 30 heavy (non-hydrogen) atoms. The number of likely N-dealkylation sites (N-methyl/N-ethyl adjacent to an activating group) is 1. The van der Waals surface area contributed by atoms with E-state index < -0.39 is 0 Å². The van der Waals surface area contributed by atoms with Crippen LogP contribution in [0.15, 0.2) is 48.8 Å². The Kier molecular flexibility index (Phi) is 5.59. The van der Waals surface area contributed by atoms with Crippen molar-refractivity contribution < 1.29 is 9.53 Å². The zero-order valence-corrected chi connectivity index (χ0v) is 18.1. The number of hydrogen-bond acceptors (Lipinski definition) is 4. The van der Waals surface area contributed by atoms with E-state index >= 15 is 0 Å². The van der Waals surface area contributed by atoms with Crippen LogP contribution in [0.5, 0.6) is 5.75 Å². The minimum Gasteiger partial charge on any atom is -0.496 e. The van der Waals surface area contributed by atoms with Gasteiger partial charge in [-0.05, 0) is 60.0 Å². The second kappa shape index (κ2) is 8.32. The van der Waals surface area contributed by atoms with Crippen molar-refractivity contribution in [3.63, 3.8) is 0 Å². The molecule has 2 heterocycles. The Labute approximate surface area is 177 Å². The molecule has 0 atom stereocenters. The summed E-state index contributed by atoms with van der Waals surface area (Å²) in [5, 5.41) is 4.24. The standard InChI is InChI=1S/C24H28N4O2/c1-26(10-9-18-13-25-28(3)15-18)14-17-5-8-23(30-4)22(11-17)19-6-7-21-20(12-19)16-27(2)24(21)29/h5-8,11-13,15H,9-10,14,16H2,1-4H3. The number of carbonyl (C=O) groups is 1. The highest BCUT2D eigenvalue weighted by Crippen LogP contribution is 2.34. The van der Waals surface area contributed by atoms with Crippen molar-refractivity contribution in [1.82, 2.24) is 19.6 Å². The van der Waals surface area contributed by atoms with Gasteiger partial charge in [0.1, 0.15) is 5.75 Å². The number of methoxy groups -OCH3 is 1. The zero-order chi connectivity index (χ0) is 21.3. The number of aromatic nitrogens is 2. The van der Waals surface area contributed by atoms with Crippen molar-refractivity contribution >= 4 is 5.91 Å². The summed E-state index contributed by atoms with van der Waals surface area (Å²) in [5.74, 6) is 0.932. The summed E-state index contributed by atoms with van der Waals surface area (Å²) < 4.78 is 7.47. The second-order valence-electron chi connectivity index (χ2n) is 8.08. The molecule has 156 valence electrons. The summed E-state index contributed by atoms with van der Waals surface area (Å²) in [7, 11) is 7.61. The number of amides is 1. The van der Waals surface area contributed by atoms with Crippen LogP contribution in [0.4, 0.5) is 0 Å². The van der Waals surface area contributed by atoms with Crippen molar-refractivity contribution in [3.8, 4) is 16.9 Å². The first-order valence-electron chi connectivity index (χ1n) is 10.2. The van der Waals surface area contributed by atoms with Crippen LogP contribution in [-0.2, 0) is 26.6 Å². The summed E-state index contributed by atoms with van der Waals surface area (Å²) in [6.45, 7) is 2.46. The largest absolute Gasteiger partial charge is 0.496 e. The summed E-state index contributed by atoms with van der Waals surface area (Å²) in [4.78, 5) is 16.3. The molecule has 0 fully saturated rings.